The topological polar surface area (TPSA) is 57.8 Å². The number of nitriles is 1. The Morgan fingerprint density at radius 1 is 1.16 bits per heavy atom. The highest BCUT2D eigenvalue weighted by Crippen LogP contribution is 2.20. The summed E-state index contributed by atoms with van der Waals surface area (Å²) in [4.78, 5) is 12.4. The second-order valence-electron chi connectivity index (χ2n) is 6.29. The van der Waals surface area contributed by atoms with Gasteiger partial charge in [-0.15, -0.1) is 0 Å². The summed E-state index contributed by atoms with van der Waals surface area (Å²) in [5.74, 6) is -0.0363. The first-order valence-corrected chi connectivity index (χ1v) is 8.48. The average Bonchev–Trinajstić information content (AvgIpc) is 2.98. The van der Waals surface area contributed by atoms with Gasteiger partial charge in [0.25, 0.3) is 0 Å². The molecular weight excluding hydrogens is 310 g/mol. The van der Waals surface area contributed by atoms with Gasteiger partial charge in [0.05, 0.1) is 5.56 Å². The van der Waals surface area contributed by atoms with E-state index in [9.17, 15) is 10.1 Å². The van der Waals surface area contributed by atoms with Gasteiger partial charge in [-0.2, -0.15) is 5.26 Å². The van der Waals surface area contributed by atoms with Crippen LogP contribution in [0.4, 0.5) is 0 Å². The first kappa shape index (κ1) is 16.8. The van der Waals surface area contributed by atoms with E-state index in [0.29, 0.717) is 5.56 Å². The number of fused-ring (bicyclic) bond motifs is 1. The fourth-order valence-corrected chi connectivity index (χ4v) is 3.04. The van der Waals surface area contributed by atoms with Crippen LogP contribution in [0.1, 0.15) is 24.5 Å². The van der Waals surface area contributed by atoms with Gasteiger partial charge in [-0.05, 0) is 31.4 Å². The number of aryl methyl sites for hydroxylation is 1. The molecule has 0 unspecified atom stereocenters. The number of benzene rings is 2. The molecule has 4 nitrogen and oxygen atoms in total. The zero-order chi connectivity index (χ0) is 17.6. The Morgan fingerprint density at radius 3 is 2.64 bits per heavy atom. The summed E-state index contributed by atoms with van der Waals surface area (Å²) in [6.07, 6.45) is 3.58. The predicted molar refractivity (Wildman–Crippen MR) is 99.0 cm³/mol. The van der Waals surface area contributed by atoms with Crippen molar-refractivity contribution in [2.24, 2.45) is 0 Å². The van der Waals surface area contributed by atoms with E-state index in [1.54, 1.807) is 6.20 Å². The number of amides is 1. The summed E-state index contributed by atoms with van der Waals surface area (Å²) in [7, 11) is 0. The van der Waals surface area contributed by atoms with E-state index in [4.69, 9.17) is 0 Å². The number of para-hydroxylation sites is 1. The molecule has 1 N–H and O–H groups in total. The van der Waals surface area contributed by atoms with Gasteiger partial charge in [-0.25, -0.2) is 0 Å². The quantitative estimate of drug-likeness (QED) is 0.749. The highest BCUT2D eigenvalue weighted by molar-refractivity contribution is 5.88. The molecule has 0 aliphatic carbocycles. The minimum absolute atomic E-state index is 0.0363. The number of aromatic nitrogens is 1. The average molecular weight is 331 g/mol. The molecule has 1 amide bonds. The maximum Gasteiger partial charge on any atom is 0.240 e. The van der Waals surface area contributed by atoms with Gasteiger partial charge in [0.15, 0.2) is 0 Å². The van der Waals surface area contributed by atoms with E-state index in [1.165, 1.54) is 5.56 Å². The lowest BCUT2D eigenvalue weighted by Crippen LogP contribution is -2.35. The Labute approximate surface area is 147 Å². The van der Waals surface area contributed by atoms with Crippen LogP contribution in [0, 0.1) is 11.3 Å². The first-order valence-electron chi connectivity index (χ1n) is 8.48. The molecule has 0 spiro atoms. The Bertz CT molecular complexity index is 906. The molecule has 1 aromatic heterocycles. The molecule has 0 aliphatic rings. The minimum Gasteiger partial charge on any atom is -0.352 e. The Balaban J connectivity index is 1.60. The fourth-order valence-electron chi connectivity index (χ4n) is 3.04. The molecule has 0 fully saturated rings. The molecule has 3 aromatic rings. The van der Waals surface area contributed by atoms with Crippen molar-refractivity contribution < 1.29 is 4.79 Å². The lowest BCUT2D eigenvalue weighted by Gasteiger charge is -2.14. The number of carbonyl (C=O) groups is 1. The van der Waals surface area contributed by atoms with Crippen LogP contribution >= 0.6 is 0 Å². The van der Waals surface area contributed by atoms with Gasteiger partial charge in [-0.3, -0.25) is 4.79 Å². The zero-order valence-electron chi connectivity index (χ0n) is 14.3. The number of nitrogens with zero attached hydrogens (tertiary/aromatic N) is 2. The highest BCUT2D eigenvalue weighted by atomic mass is 16.2. The maximum absolute atomic E-state index is 12.4. The molecule has 25 heavy (non-hydrogen) atoms. The number of hydrogen-bond donors (Lipinski definition) is 1. The largest absolute Gasteiger partial charge is 0.352 e. The predicted octanol–water partition coefficient (Wildman–Crippen LogP) is 3.65. The molecule has 0 bridgehead atoms. The summed E-state index contributed by atoms with van der Waals surface area (Å²) in [6.45, 7) is 2.24. The second kappa shape index (κ2) is 7.67. The van der Waals surface area contributed by atoms with E-state index in [-0.39, 0.29) is 18.5 Å². The van der Waals surface area contributed by atoms with Crippen LogP contribution in [0.5, 0.6) is 0 Å². The van der Waals surface area contributed by atoms with E-state index < -0.39 is 0 Å². The van der Waals surface area contributed by atoms with Crippen LogP contribution in [0.15, 0.2) is 60.8 Å². The lowest BCUT2D eigenvalue weighted by molar-refractivity contribution is -0.122. The van der Waals surface area contributed by atoms with Crippen LogP contribution < -0.4 is 5.32 Å². The third-order valence-corrected chi connectivity index (χ3v) is 4.34. The second-order valence-corrected chi connectivity index (χ2v) is 6.29. The maximum atomic E-state index is 12.4. The van der Waals surface area contributed by atoms with E-state index in [1.807, 2.05) is 54.0 Å². The molecule has 3 rings (SSSR count). The number of nitrogens with one attached hydrogen (secondary N) is 1. The van der Waals surface area contributed by atoms with Crippen molar-refractivity contribution >= 4 is 16.8 Å². The molecule has 1 atom stereocenters. The Morgan fingerprint density at radius 2 is 1.88 bits per heavy atom. The molecule has 2 aromatic carbocycles. The summed E-state index contributed by atoms with van der Waals surface area (Å²) < 4.78 is 1.84. The van der Waals surface area contributed by atoms with Crippen molar-refractivity contribution in [1.29, 1.82) is 5.26 Å². The van der Waals surface area contributed by atoms with E-state index in [0.717, 1.165) is 23.7 Å². The van der Waals surface area contributed by atoms with E-state index in [2.05, 4.69) is 23.5 Å². The minimum atomic E-state index is -0.0363. The third kappa shape index (κ3) is 4.07. The van der Waals surface area contributed by atoms with Crippen LogP contribution in [0.25, 0.3) is 10.9 Å². The first-order chi connectivity index (χ1) is 12.2. The Kier molecular flexibility index (Phi) is 5.15. The van der Waals surface area contributed by atoms with Crippen LogP contribution in [-0.4, -0.2) is 16.5 Å². The number of rotatable bonds is 6. The van der Waals surface area contributed by atoms with Crippen molar-refractivity contribution in [2.45, 2.75) is 32.4 Å². The van der Waals surface area contributed by atoms with E-state index >= 15 is 0 Å². The number of carbonyl (C=O) groups excluding carboxylic acids is 1. The molecular formula is C21H21N3O. The Hall–Kier alpha value is -3.06. The van der Waals surface area contributed by atoms with Crippen LogP contribution in [0.3, 0.4) is 0 Å². The summed E-state index contributed by atoms with van der Waals surface area (Å²) in [5, 5.41) is 13.2. The van der Waals surface area contributed by atoms with Crippen molar-refractivity contribution in [1.82, 2.24) is 9.88 Å². The molecule has 0 saturated carbocycles. The SMILES string of the molecule is C[C@@H](CCc1ccccc1)NC(=O)Cn1cc(C#N)c2ccccc21. The van der Waals surface area contributed by atoms with Crippen molar-refractivity contribution in [2.75, 3.05) is 0 Å². The molecule has 1 heterocycles. The number of hydrogen-bond acceptors (Lipinski definition) is 2. The lowest BCUT2D eigenvalue weighted by atomic mass is 10.1. The van der Waals surface area contributed by atoms with Crippen LogP contribution in [-0.2, 0) is 17.8 Å². The van der Waals surface area contributed by atoms with Gasteiger partial charge in [0, 0.05) is 23.1 Å². The molecule has 126 valence electrons. The van der Waals surface area contributed by atoms with Crippen molar-refractivity contribution in [3.05, 3.63) is 71.9 Å². The van der Waals surface area contributed by atoms with Crippen molar-refractivity contribution in [3.8, 4) is 6.07 Å². The molecule has 0 aliphatic heterocycles. The summed E-state index contributed by atoms with van der Waals surface area (Å²) in [5.41, 5.74) is 2.78. The normalized spacial score (nSPS) is 11.8. The van der Waals surface area contributed by atoms with Gasteiger partial charge in [0.2, 0.25) is 5.91 Å². The monoisotopic (exact) mass is 331 g/mol. The van der Waals surface area contributed by atoms with Crippen molar-refractivity contribution in [3.63, 3.8) is 0 Å². The zero-order valence-corrected chi connectivity index (χ0v) is 14.3. The smallest absolute Gasteiger partial charge is 0.240 e. The van der Waals surface area contributed by atoms with Gasteiger partial charge < -0.3 is 9.88 Å². The molecule has 4 heteroatoms. The third-order valence-electron chi connectivity index (χ3n) is 4.34. The standard InChI is InChI=1S/C21H21N3O/c1-16(11-12-17-7-3-2-4-8-17)23-21(25)15-24-14-18(13-22)19-9-5-6-10-20(19)24/h2-10,14,16H,11-12,15H2,1H3,(H,23,25)/t16-/m0/s1. The highest BCUT2D eigenvalue weighted by Gasteiger charge is 2.12. The van der Waals surface area contributed by atoms with Crippen LogP contribution in [0.2, 0.25) is 0 Å². The van der Waals surface area contributed by atoms with Gasteiger partial charge >= 0.3 is 0 Å². The fraction of sp³-hybridized carbons (Fsp3) is 0.238. The summed E-state index contributed by atoms with van der Waals surface area (Å²) >= 11 is 0. The van der Waals surface area contributed by atoms with Gasteiger partial charge in [-0.1, -0.05) is 48.5 Å². The van der Waals surface area contributed by atoms with Gasteiger partial charge in [0.1, 0.15) is 12.6 Å². The molecule has 0 saturated heterocycles. The summed E-state index contributed by atoms with van der Waals surface area (Å²) in [6, 6.07) is 20.2. The molecule has 0 radical (unpaired) electrons.